The lowest BCUT2D eigenvalue weighted by molar-refractivity contribution is 0.102. The highest BCUT2D eigenvalue weighted by atomic mass is 16.5. The molecule has 1 aromatic carbocycles. The van der Waals surface area contributed by atoms with E-state index in [0.29, 0.717) is 23.5 Å². The Labute approximate surface area is 117 Å². The smallest absolute Gasteiger partial charge is 0.259 e. The van der Waals surface area contributed by atoms with Gasteiger partial charge in [-0.25, -0.2) is 0 Å². The number of carbonyl (C=O) groups excluding carboxylic acids is 1. The molecule has 1 amide bonds. The van der Waals surface area contributed by atoms with Crippen LogP contribution in [0.1, 0.15) is 23.0 Å². The van der Waals surface area contributed by atoms with Crippen molar-refractivity contribution in [1.29, 1.82) is 0 Å². The molecule has 2 rings (SSSR count). The van der Waals surface area contributed by atoms with Crippen LogP contribution >= 0.6 is 0 Å². The lowest BCUT2D eigenvalue weighted by Crippen LogP contribution is -2.14. The Hall–Kier alpha value is -2.56. The van der Waals surface area contributed by atoms with Crippen LogP contribution in [0.2, 0.25) is 0 Å². The highest BCUT2D eigenvalue weighted by Crippen LogP contribution is 2.18. The molecule has 1 aromatic heterocycles. The summed E-state index contributed by atoms with van der Waals surface area (Å²) in [6.45, 7) is 4.35. The van der Waals surface area contributed by atoms with E-state index < -0.39 is 0 Å². The Morgan fingerprint density at radius 2 is 2.05 bits per heavy atom. The van der Waals surface area contributed by atoms with Gasteiger partial charge in [-0.15, -0.1) is 0 Å². The molecule has 0 saturated heterocycles. The highest BCUT2D eigenvalue weighted by Gasteiger charge is 2.10. The number of nitrogens with zero attached hydrogens (tertiary/aromatic N) is 1. The van der Waals surface area contributed by atoms with Gasteiger partial charge in [0.25, 0.3) is 5.91 Å². The summed E-state index contributed by atoms with van der Waals surface area (Å²) in [5, 5.41) is 2.77. The van der Waals surface area contributed by atoms with E-state index in [9.17, 15) is 4.79 Å². The summed E-state index contributed by atoms with van der Waals surface area (Å²) in [5.41, 5.74) is 8.06. The van der Waals surface area contributed by atoms with Crippen molar-refractivity contribution in [2.75, 3.05) is 17.7 Å². The maximum Gasteiger partial charge on any atom is 0.259 e. The van der Waals surface area contributed by atoms with E-state index >= 15 is 0 Å². The number of carbonyl (C=O) groups is 1. The van der Waals surface area contributed by atoms with Crippen molar-refractivity contribution in [3.63, 3.8) is 0 Å². The summed E-state index contributed by atoms with van der Waals surface area (Å²) in [7, 11) is 0. The monoisotopic (exact) mass is 271 g/mol. The Kier molecular flexibility index (Phi) is 4.20. The van der Waals surface area contributed by atoms with Crippen LogP contribution in [0, 0.1) is 6.92 Å². The first-order valence-electron chi connectivity index (χ1n) is 6.36. The third-order valence-electron chi connectivity index (χ3n) is 2.74. The highest BCUT2D eigenvalue weighted by molar-refractivity contribution is 6.07. The van der Waals surface area contributed by atoms with Crippen LogP contribution in [0.15, 0.2) is 36.5 Å². The van der Waals surface area contributed by atoms with Gasteiger partial charge in [0.2, 0.25) is 0 Å². The minimum absolute atomic E-state index is 0.279. The fraction of sp³-hybridized carbons (Fsp3) is 0.200. The predicted molar refractivity (Wildman–Crippen MR) is 79.0 cm³/mol. The van der Waals surface area contributed by atoms with Gasteiger partial charge in [0.15, 0.2) is 0 Å². The third-order valence-corrected chi connectivity index (χ3v) is 2.74. The van der Waals surface area contributed by atoms with E-state index in [0.717, 1.165) is 11.4 Å². The second-order valence-corrected chi connectivity index (χ2v) is 4.32. The summed E-state index contributed by atoms with van der Waals surface area (Å²) in [6.07, 6.45) is 1.48. The molecular formula is C15H17N3O2. The Morgan fingerprint density at radius 3 is 2.65 bits per heavy atom. The van der Waals surface area contributed by atoms with Gasteiger partial charge in [-0.2, -0.15) is 0 Å². The zero-order valence-electron chi connectivity index (χ0n) is 11.5. The number of anilines is 2. The quantitative estimate of drug-likeness (QED) is 0.896. The Balaban J connectivity index is 2.11. The van der Waals surface area contributed by atoms with E-state index in [1.807, 2.05) is 13.8 Å². The van der Waals surface area contributed by atoms with E-state index in [-0.39, 0.29) is 5.91 Å². The molecule has 1 heterocycles. The lowest BCUT2D eigenvalue weighted by atomic mass is 10.2. The van der Waals surface area contributed by atoms with Crippen LogP contribution in [0.25, 0.3) is 0 Å². The fourth-order valence-electron chi connectivity index (χ4n) is 1.77. The summed E-state index contributed by atoms with van der Waals surface area (Å²) in [6, 6.07) is 8.83. The van der Waals surface area contributed by atoms with E-state index in [1.54, 1.807) is 30.3 Å². The van der Waals surface area contributed by atoms with Crippen molar-refractivity contribution in [2.45, 2.75) is 13.8 Å². The molecule has 0 atom stereocenters. The normalized spacial score (nSPS) is 10.1. The van der Waals surface area contributed by atoms with E-state index in [1.165, 1.54) is 6.20 Å². The van der Waals surface area contributed by atoms with Crippen LogP contribution in [-0.4, -0.2) is 17.5 Å². The standard InChI is InChI=1S/C15H17N3O2/c1-3-20-12-6-4-11(5-7-12)18-15(19)13-9-17-10(2)8-14(13)16/h4-9H,3H2,1-2H3,(H2,16,17)(H,18,19). The molecular weight excluding hydrogens is 254 g/mol. The van der Waals surface area contributed by atoms with Crippen LogP contribution in [0.3, 0.4) is 0 Å². The molecule has 0 aliphatic rings. The molecule has 5 nitrogen and oxygen atoms in total. The second kappa shape index (κ2) is 6.06. The minimum Gasteiger partial charge on any atom is -0.494 e. The fourth-order valence-corrected chi connectivity index (χ4v) is 1.77. The first-order valence-corrected chi connectivity index (χ1v) is 6.36. The zero-order valence-corrected chi connectivity index (χ0v) is 11.5. The van der Waals surface area contributed by atoms with Crippen molar-refractivity contribution < 1.29 is 9.53 Å². The largest absolute Gasteiger partial charge is 0.494 e. The van der Waals surface area contributed by atoms with E-state index in [2.05, 4.69) is 10.3 Å². The van der Waals surface area contributed by atoms with Gasteiger partial charge < -0.3 is 15.8 Å². The average molecular weight is 271 g/mol. The number of nitrogens with two attached hydrogens (primary N) is 1. The maximum absolute atomic E-state index is 12.1. The maximum atomic E-state index is 12.1. The summed E-state index contributed by atoms with van der Waals surface area (Å²) in [4.78, 5) is 16.2. The average Bonchev–Trinajstić information content (AvgIpc) is 2.41. The molecule has 0 aliphatic heterocycles. The number of aromatic nitrogens is 1. The van der Waals surface area contributed by atoms with Crippen molar-refractivity contribution in [1.82, 2.24) is 4.98 Å². The first kappa shape index (κ1) is 13.9. The predicted octanol–water partition coefficient (Wildman–Crippen LogP) is 2.62. The minimum atomic E-state index is -0.279. The summed E-state index contributed by atoms with van der Waals surface area (Å²) in [5.74, 6) is 0.487. The van der Waals surface area contributed by atoms with Crippen molar-refractivity contribution >= 4 is 17.3 Å². The van der Waals surface area contributed by atoms with E-state index in [4.69, 9.17) is 10.5 Å². The van der Waals surface area contributed by atoms with Crippen molar-refractivity contribution in [2.24, 2.45) is 0 Å². The molecule has 3 N–H and O–H groups in total. The first-order chi connectivity index (χ1) is 9.60. The number of hydrogen-bond acceptors (Lipinski definition) is 4. The van der Waals surface area contributed by atoms with Gasteiger partial charge >= 0.3 is 0 Å². The van der Waals surface area contributed by atoms with Crippen LogP contribution in [-0.2, 0) is 0 Å². The Bertz CT molecular complexity index is 609. The number of rotatable bonds is 4. The molecule has 0 saturated carbocycles. The topological polar surface area (TPSA) is 77.2 Å². The molecule has 5 heteroatoms. The van der Waals surface area contributed by atoms with Gasteiger partial charge in [0, 0.05) is 23.3 Å². The molecule has 0 unspecified atom stereocenters. The number of pyridine rings is 1. The number of aryl methyl sites for hydroxylation is 1. The van der Waals surface area contributed by atoms with Crippen molar-refractivity contribution in [3.8, 4) is 5.75 Å². The summed E-state index contributed by atoms with van der Waals surface area (Å²) >= 11 is 0. The van der Waals surface area contributed by atoms with Crippen LogP contribution in [0.4, 0.5) is 11.4 Å². The lowest BCUT2D eigenvalue weighted by Gasteiger charge is -2.08. The second-order valence-electron chi connectivity index (χ2n) is 4.32. The number of nitrogens with one attached hydrogen (secondary N) is 1. The van der Waals surface area contributed by atoms with Crippen LogP contribution < -0.4 is 15.8 Å². The van der Waals surface area contributed by atoms with Crippen molar-refractivity contribution in [3.05, 3.63) is 47.8 Å². The summed E-state index contributed by atoms with van der Waals surface area (Å²) < 4.78 is 5.34. The molecule has 0 spiro atoms. The zero-order chi connectivity index (χ0) is 14.5. The number of benzene rings is 1. The molecule has 0 bridgehead atoms. The van der Waals surface area contributed by atoms with Gasteiger partial charge in [-0.1, -0.05) is 0 Å². The number of ether oxygens (including phenoxy) is 1. The molecule has 20 heavy (non-hydrogen) atoms. The Morgan fingerprint density at radius 1 is 1.35 bits per heavy atom. The molecule has 104 valence electrons. The van der Waals surface area contributed by atoms with Gasteiger partial charge in [0.05, 0.1) is 12.2 Å². The van der Waals surface area contributed by atoms with Gasteiger partial charge in [0.1, 0.15) is 5.75 Å². The third kappa shape index (κ3) is 3.26. The number of nitrogen functional groups attached to an aromatic ring is 1. The molecule has 0 fully saturated rings. The molecule has 0 radical (unpaired) electrons. The molecule has 0 aliphatic carbocycles. The van der Waals surface area contributed by atoms with Gasteiger partial charge in [-0.3, -0.25) is 9.78 Å². The molecule has 2 aromatic rings. The van der Waals surface area contributed by atoms with Crippen LogP contribution in [0.5, 0.6) is 5.75 Å². The SMILES string of the molecule is CCOc1ccc(NC(=O)c2cnc(C)cc2N)cc1. The number of hydrogen-bond donors (Lipinski definition) is 2. The van der Waals surface area contributed by atoms with Gasteiger partial charge in [-0.05, 0) is 44.2 Å². The number of amides is 1.